The smallest absolute Gasteiger partial charge is 0.142 e. The summed E-state index contributed by atoms with van der Waals surface area (Å²) in [5, 5.41) is 3.86. The molecule has 0 saturated carbocycles. The second-order valence-electron chi connectivity index (χ2n) is 6.03. The predicted molar refractivity (Wildman–Crippen MR) is 89.6 cm³/mol. The van der Waals surface area contributed by atoms with Gasteiger partial charge in [0.2, 0.25) is 0 Å². The number of likely N-dealkylation sites (N-methyl/N-ethyl adjacent to an activating group) is 1. The summed E-state index contributed by atoms with van der Waals surface area (Å²) in [7, 11) is 4.19. The van der Waals surface area contributed by atoms with Crippen LogP contribution in [0.25, 0.3) is 0 Å². The lowest BCUT2D eigenvalue weighted by Crippen LogP contribution is -2.58. The van der Waals surface area contributed by atoms with E-state index < -0.39 is 0 Å². The van der Waals surface area contributed by atoms with Gasteiger partial charge in [-0.3, -0.25) is 0 Å². The van der Waals surface area contributed by atoms with Crippen LogP contribution in [0, 0.1) is 5.82 Å². The Labute approximate surface area is 133 Å². The third-order valence-corrected chi connectivity index (χ3v) is 5.01. The van der Waals surface area contributed by atoms with Gasteiger partial charge in [0.15, 0.2) is 0 Å². The molecule has 0 aliphatic rings. The standard InChI is InChI=1S/C17H28ClFN2/c1-6-11-20-15(17(3,7-2)21(4)5)12-13-9-8-10-14(19)16(13)18/h8-10,15,20H,6-7,11-12H2,1-5H3. The number of rotatable bonds is 8. The average Bonchev–Trinajstić information content (AvgIpc) is 2.46. The molecular formula is C17H28ClFN2. The summed E-state index contributed by atoms with van der Waals surface area (Å²) in [4.78, 5) is 2.24. The van der Waals surface area contributed by atoms with Crippen molar-refractivity contribution in [3.63, 3.8) is 0 Å². The molecule has 0 aromatic heterocycles. The summed E-state index contributed by atoms with van der Waals surface area (Å²) < 4.78 is 13.7. The molecule has 1 N–H and O–H groups in total. The van der Waals surface area contributed by atoms with Gasteiger partial charge in [-0.05, 0) is 58.5 Å². The van der Waals surface area contributed by atoms with E-state index in [0.29, 0.717) is 0 Å². The predicted octanol–water partition coefficient (Wildman–Crippen LogP) is 4.12. The van der Waals surface area contributed by atoms with Gasteiger partial charge in [0.1, 0.15) is 5.82 Å². The molecule has 4 heteroatoms. The van der Waals surface area contributed by atoms with Crippen molar-refractivity contribution in [2.24, 2.45) is 0 Å². The minimum atomic E-state index is -0.341. The number of halogens is 2. The van der Waals surface area contributed by atoms with E-state index in [1.807, 2.05) is 6.07 Å². The highest BCUT2D eigenvalue weighted by Crippen LogP contribution is 2.27. The van der Waals surface area contributed by atoms with Crippen LogP contribution in [0.1, 0.15) is 39.2 Å². The summed E-state index contributed by atoms with van der Waals surface area (Å²) in [6.07, 6.45) is 2.80. The molecule has 0 saturated heterocycles. The van der Waals surface area contributed by atoms with Crippen LogP contribution >= 0.6 is 11.6 Å². The molecule has 1 rings (SSSR count). The fourth-order valence-corrected chi connectivity index (χ4v) is 2.83. The topological polar surface area (TPSA) is 15.3 Å². The first kappa shape index (κ1) is 18.4. The first-order valence-corrected chi connectivity index (χ1v) is 8.08. The lowest BCUT2D eigenvalue weighted by atomic mass is 9.84. The van der Waals surface area contributed by atoms with Gasteiger partial charge in [0.05, 0.1) is 5.02 Å². The van der Waals surface area contributed by atoms with E-state index in [2.05, 4.69) is 45.1 Å². The maximum atomic E-state index is 13.7. The number of hydrogen-bond acceptors (Lipinski definition) is 2. The van der Waals surface area contributed by atoms with Gasteiger partial charge < -0.3 is 10.2 Å². The van der Waals surface area contributed by atoms with Gasteiger partial charge in [0.25, 0.3) is 0 Å². The Balaban J connectivity index is 3.05. The van der Waals surface area contributed by atoms with Crippen molar-refractivity contribution in [2.45, 2.75) is 51.6 Å². The minimum Gasteiger partial charge on any atom is -0.312 e. The van der Waals surface area contributed by atoms with Crippen LogP contribution < -0.4 is 5.32 Å². The maximum absolute atomic E-state index is 13.7. The van der Waals surface area contributed by atoms with E-state index in [1.165, 1.54) is 6.07 Å². The number of nitrogens with one attached hydrogen (secondary N) is 1. The Morgan fingerprint density at radius 1 is 1.33 bits per heavy atom. The lowest BCUT2D eigenvalue weighted by molar-refractivity contribution is 0.112. The molecule has 2 nitrogen and oxygen atoms in total. The van der Waals surface area contributed by atoms with Crippen molar-refractivity contribution in [1.29, 1.82) is 0 Å². The number of benzene rings is 1. The van der Waals surface area contributed by atoms with Crippen LogP contribution in [0.15, 0.2) is 18.2 Å². The highest BCUT2D eigenvalue weighted by atomic mass is 35.5. The molecule has 2 unspecified atom stereocenters. The number of nitrogens with zero attached hydrogens (tertiary/aromatic N) is 1. The molecule has 0 bridgehead atoms. The Bertz CT molecular complexity index is 450. The molecule has 0 fully saturated rings. The summed E-state index contributed by atoms with van der Waals surface area (Å²) in [5.74, 6) is -0.341. The van der Waals surface area contributed by atoms with Gasteiger partial charge in [-0.15, -0.1) is 0 Å². The SMILES string of the molecule is CCCNC(Cc1cccc(F)c1Cl)C(C)(CC)N(C)C. The molecule has 0 aliphatic heterocycles. The molecule has 0 aliphatic carbocycles. The monoisotopic (exact) mass is 314 g/mol. The molecule has 1 aromatic rings. The fourth-order valence-electron chi connectivity index (χ4n) is 2.63. The highest BCUT2D eigenvalue weighted by Gasteiger charge is 2.34. The Morgan fingerprint density at radius 2 is 2.00 bits per heavy atom. The van der Waals surface area contributed by atoms with Crippen molar-refractivity contribution in [2.75, 3.05) is 20.6 Å². The normalized spacial score (nSPS) is 16.0. The second kappa shape index (κ2) is 8.11. The first-order chi connectivity index (χ1) is 9.86. The van der Waals surface area contributed by atoms with Gasteiger partial charge in [-0.25, -0.2) is 4.39 Å². The molecule has 2 atom stereocenters. The van der Waals surface area contributed by atoms with E-state index in [0.717, 1.165) is 31.4 Å². The zero-order valence-corrected chi connectivity index (χ0v) is 14.6. The zero-order valence-electron chi connectivity index (χ0n) is 13.8. The van der Waals surface area contributed by atoms with E-state index in [4.69, 9.17) is 11.6 Å². The number of hydrogen-bond donors (Lipinski definition) is 1. The van der Waals surface area contributed by atoms with Crippen LogP contribution in [0.4, 0.5) is 4.39 Å². The van der Waals surface area contributed by atoms with Crippen LogP contribution in [0.5, 0.6) is 0 Å². The largest absolute Gasteiger partial charge is 0.312 e. The summed E-state index contributed by atoms with van der Waals surface area (Å²) >= 11 is 6.13. The first-order valence-electron chi connectivity index (χ1n) is 7.70. The quantitative estimate of drug-likeness (QED) is 0.776. The molecule has 0 heterocycles. The van der Waals surface area contributed by atoms with Crippen molar-refractivity contribution >= 4 is 11.6 Å². The van der Waals surface area contributed by atoms with Gasteiger partial charge in [-0.2, -0.15) is 0 Å². The van der Waals surface area contributed by atoms with Crippen molar-refractivity contribution in [3.05, 3.63) is 34.6 Å². The van der Waals surface area contributed by atoms with Gasteiger partial charge in [0, 0.05) is 11.6 Å². The minimum absolute atomic E-state index is 0.00911. The molecule has 0 spiro atoms. The Morgan fingerprint density at radius 3 is 2.52 bits per heavy atom. The highest BCUT2D eigenvalue weighted by molar-refractivity contribution is 6.31. The van der Waals surface area contributed by atoms with Crippen LogP contribution in [-0.2, 0) is 6.42 Å². The molecular weight excluding hydrogens is 287 g/mol. The zero-order chi connectivity index (χ0) is 16.0. The maximum Gasteiger partial charge on any atom is 0.142 e. The summed E-state index contributed by atoms with van der Waals surface area (Å²) in [6.45, 7) is 7.53. The second-order valence-corrected chi connectivity index (χ2v) is 6.41. The average molecular weight is 315 g/mol. The van der Waals surface area contributed by atoms with Crippen molar-refractivity contribution in [3.8, 4) is 0 Å². The van der Waals surface area contributed by atoms with Crippen LogP contribution in [0.3, 0.4) is 0 Å². The molecule has 21 heavy (non-hydrogen) atoms. The van der Waals surface area contributed by atoms with E-state index in [-0.39, 0.29) is 22.4 Å². The van der Waals surface area contributed by atoms with E-state index >= 15 is 0 Å². The summed E-state index contributed by atoms with van der Waals surface area (Å²) in [6, 6.07) is 5.27. The third-order valence-electron chi connectivity index (χ3n) is 4.58. The van der Waals surface area contributed by atoms with Gasteiger partial charge in [-0.1, -0.05) is 37.6 Å². The molecule has 0 amide bonds. The molecule has 120 valence electrons. The van der Waals surface area contributed by atoms with Crippen LogP contribution in [-0.4, -0.2) is 37.1 Å². The lowest BCUT2D eigenvalue weighted by Gasteiger charge is -2.43. The van der Waals surface area contributed by atoms with Crippen molar-refractivity contribution in [1.82, 2.24) is 10.2 Å². The van der Waals surface area contributed by atoms with Gasteiger partial charge >= 0.3 is 0 Å². The summed E-state index contributed by atoms with van der Waals surface area (Å²) in [5.41, 5.74) is 0.858. The molecule has 0 radical (unpaired) electrons. The molecule has 1 aromatic carbocycles. The fraction of sp³-hybridized carbons (Fsp3) is 0.647. The Kier molecular flexibility index (Phi) is 7.11. The van der Waals surface area contributed by atoms with E-state index in [9.17, 15) is 4.39 Å². The van der Waals surface area contributed by atoms with Crippen molar-refractivity contribution < 1.29 is 4.39 Å². The third kappa shape index (κ3) is 4.41. The Hall–Kier alpha value is -0.640. The van der Waals surface area contributed by atoms with E-state index in [1.54, 1.807) is 6.07 Å². The van der Waals surface area contributed by atoms with Crippen LogP contribution in [0.2, 0.25) is 5.02 Å².